The van der Waals surface area contributed by atoms with Crippen molar-refractivity contribution >= 4 is 23.2 Å². The number of hydrogen-bond donors (Lipinski definition) is 4. The standard InChI is InChI=1S/C20H29FN6O/c1-11(2)17(6-5-7-22)26-20-16(21)9-15(18(23)28)19(27-20)25-14-8-12(3)13(4)24-10-14/h8-11,17H,5-7,22H2,1-4H3,(H2,23,28)(H2,25,26,27)/t17-/m1/s1. The Morgan fingerprint density at radius 2 is 1.96 bits per heavy atom. The first kappa shape index (κ1) is 21.6. The van der Waals surface area contributed by atoms with Crippen LogP contribution in [0.3, 0.4) is 0 Å². The molecule has 1 atom stereocenters. The number of primary amides is 1. The second-order valence-corrected chi connectivity index (χ2v) is 7.26. The van der Waals surface area contributed by atoms with E-state index in [2.05, 4.69) is 20.6 Å². The maximum atomic E-state index is 14.6. The van der Waals surface area contributed by atoms with E-state index in [1.807, 2.05) is 33.8 Å². The Kier molecular flexibility index (Phi) is 7.28. The number of carbonyl (C=O) groups is 1. The summed E-state index contributed by atoms with van der Waals surface area (Å²) < 4.78 is 14.6. The summed E-state index contributed by atoms with van der Waals surface area (Å²) >= 11 is 0. The second-order valence-electron chi connectivity index (χ2n) is 7.26. The van der Waals surface area contributed by atoms with Gasteiger partial charge in [0.1, 0.15) is 5.82 Å². The van der Waals surface area contributed by atoms with Crippen molar-refractivity contribution in [1.82, 2.24) is 9.97 Å². The Bertz CT molecular complexity index is 840. The van der Waals surface area contributed by atoms with Gasteiger partial charge in [-0.2, -0.15) is 0 Å². The number of aromatic nitrogens is 2. The molecule has 0 aliphatic heterocycles. The molecule has 152 valence electrons. The summed E-state index contributed by atoms with van der Waals surface area (Å²) in [5.74, 6) is -0.886. The molecule has 1 amide bonds. The van der Waals surface area contributed by atoms with E-state index in [9.17, 15) is 9.18 Å². The number of rotatable bonds is 9. The number of carbonyl (C=O) groups excluding carboxylic acids is 1. The number of nitrogens with zero attached hydrogens (tertiary/aromatic N) is 2. The molecule has 2 heterocycles. The molecule has 0 bridgehead atoms. The van der Waals surface area contributed by atoms with Crippen LogP contribution in [0.1, 0.15) is 48.3 Å². The largest absolute Gasteiger partial charge is 0.365 e. The minimum atomic E-state index is -0.763. The molecule has 0 fully saturated rings. The molecule has 2 aromatic rings. The highest BCUT2D eigenvalue weighted by Gasteiger charge is 2.20. The van der Waals surface area contributed by atoms with Gasteiger partial charge in [0.15, 0.2) is 11.6 Å². The van der Waals surface area contributed by atoms with Gasteiger partial charge < -0.3 is 22.1 Å². The Morgan fingerprint density at radius 3 is 2.54 bits per heavy atom. The molecular formula is C20H29FN6O. The number of hydrogen-bond acceptors (Lipinski definition) is 6. The summed E-state index contributed by atoms with van der Waals surface area (Å²) in [5, 5.41) is 6.18. The summed E-state index contributed by atoms with van der Waals surface area (Å²) in [6.07, 6.45) is 3.23. The van der Waals surface area contributed by atoms with Crippen molar-refractivity contribution in [2.45, 2.75) is 46.6 Å². The predicted octanol–water partition coefficient (Wildman–Crippen LogP) is 3.25. The van der Waals surface area contributed by atoms with Gasteiger partial charge in [-0.1, -0.05) is 13.8 Å². The first-order chi connectivity index (χ1) is 13.2. The van der Waals surface area contributed by atoms with Crippen molar-refractivity contribution in [3.05, 3.63) is 41.0 Å². The summed E-state index contributed by atoms with van der Waals surface area (Å²) in [5.41, 5.74) is 13.5. The van der Waals surface area contributed by atoms with Gasteiger partial charge in [0, 0.05) is 11.7 Å². The highest BCUT2D eigenvalue weighted by atomic mass is 19.1. The monoisotopic (exact) mass is 388 g/mol. The molecule has 0 unspecified atom stereocenters. The van der Waals surface area contributed by atoms with Crippen LogP contribution in [0.15, 0.2) is 18.3 Å². The minimum absolute atomic E-state index is 0.00103. The van der Waals surface area contributed by atoms with Gasteiger partial charge in [0.25, 0.3) is 5.91 Å². The lowest BCUT2D eigenvalue weighted by Crippen LogP contribution is -2.28. The van der Waals surface area contributed by atoms with E-state index >= 15 is 0 Å². The summed E-state index contributed by atoms with van der Waals surface area (Å²) in [7, 11) is 0. The predicted molar refractivity (Wildman–Crippen MR) is 110 cm³/mol. The zero-order valence-electron chi connectivity index (χ0n) is 16.8. The number of anilines is 3. The number of nitrogens with one attached hydrogen (secondary N) is 2. The van der Waals surface area contributed by atoms with E-state index in [1.165, 1.54) is 0 Å². The molecule has 0 aliphatic rings. The van der Waals surface area contributed by atoms with E-state index in [1.54, 1.807) is 6.20 Å². The lowest BCUT2D eigenvalue weighted by atomic mass is 9.99. The number of amides is 1. The fourth-order valence-electron chi connectivity index (χ4n) is 2.81. The normalized spacial score (nSPS) is 12.1. The van der Waals surface area contributed by atoms with Crippen LogP contribution in [0.5, 0.6) is 0 Å². The van der Waals surface area contributed by atoms with Gasteiger partial charge in [-0.3, -0.25) is 9.78 Å². The van der Waals surface area contributed by atoms with Crippen LogP contribution in [0.25, 0.3) is 0 Å². The lowest BCUT2D eigenvalue weighted by molar-refractivity contribution is 0.100. The van der Waals surface area contributed by atoms with Crippen LogP contribution in [0, 0.1) is 25.6 Å². The number of nitrogens with two attached hydrogens (primary N) is 2. The first-order valence-corrected chi connectivity index (χ1v) is 9.40. The van der Waals surface area contributed by atoms with Crippen molar-refractivity contribution in [2.24, 2.45) is 17.4 Å². The molecule has 0 saturated heterocycles. The van der Waals surface area contributed by atoms with Crippen molar-refractivity contribution in [1.29, 1.82) is 0 Å². The highest BCUT2D eigenvalue weighted by Crippen LogP contribution is 2.26. The summed E-state index contributed by atoms with van der Waals surface area (Å²) in [4.78, 5) is 20.4. The molecule has 0 radical (unpaired) electrons. The minimum Gasteiger partial charge on any atom is -0.365 e. The molecule has 2 aromatic heterocycles. The first-order valence-electron chi connectivity index (χ1n) is 9.40. The van der Waals surface area contributed by atoms with Gasteiger partial charge in [-0.05, 0) is 56.8 Å². The molecular weight excluding hydrogens is 359 g/mol. The molecule has 0 spiro atoms. The Balaban J connectivity index is 2.38. The van der Waals surface area contributed by atoms with Gasteiger partial charge in [0.05, 0.1) is 17.4 Å². The van der Waals surface area contributed by atoms with Gasteiger partial charge in [-0.15, -0.1) is 0 Å². The van der Waals surface area contributed by atoms with E-state index < -0.39 is 11.7 Å². The zero-order valence-corrected chi connectivity index (χ0v) is 16.8. The van der Waals surface area contributed by atoms with E-state index in [4.69, 9.17) is 11.5 Å². The molecule has 8 heteroatoms. The fraction of sp³-hybridized carbons (Fsp3) is 0.450. The van der Waals surface area contributed by atoms with Crippen LogP contribution < -0.4 is 22.1 Å². The molecule has 2 rings (SSSR count). The molecule has 0 aromatic carbocycles. The Hall–Kier alpha value is -2.74. The third-order valence-electron chi connectivity index (χ3n) is 4.69. The average molecular weight is 388 g/mol. The van der Waals surface area contributed by atoms with Crippen molar-refractivity contribution in [3.8, 4) is 0 Å². The molecule has 28 heavy (non-hydrogen) atoms. The smallest absolute Gasteiger partial charge is 0.252 e. The van der Waals surface area contributed by atoms with Crippen LogP contribution in [0.4, 0.5) is 21.7 Å². The zero-order chi connectivity index (χ0) is 20.8. The van der Waals surface area contributed by atoms with Crippen molar-refractivity contribution in [2.75, 3.05) is 17.2 Å². The third-order valence-corrected chi connectivity index (χ3v) is 4.69. The van der Waals surface area contributed by atoms with Gasteiger partial charge in [-0.25, -0.2) is 9.37 Å². The van der Waals surface area contributed by atoms with Crippen molar-refractivity contribution in [3.63, 3.8) is 0 Å². The maximum absolute atomic E-state index is 14.6. The van der Waals surface area contributed by atoms with Crippen LogP contribution in [0.2, 0.25) is 0 Å². The SMILES string of the molecule is Cc1cc(Nc2nc(N[C@H](CCCN)C(C)C)c(F)cc2C(N)=O)cnc1C. The summed E-state index contributed by atoms with van der Waals surface area (Å²) in [6, 6.07) is 2.99. The molecule has 7 nitrogen and oxygen atoms in total. The number of pyridine rings is 2. The van der Waals surface area contributed by atoms with Gasteiger partial charge in [0.2, 0.25) is 0 Å². The summed E-state index contributed by atoms with van der Waals surface area (Å²) in [6.45, 7) is 8.49. The average Bonchev–Trinajstić information content (AvgIpc) is 2.63. The third kappa shape index (κ3) is 5.39. The maximum Gasteiger partial charge on any atom is 0.252 e. The topological polar surface area (TPSA) is 119 Å². The second kappa shape index (κ2) is 9.45. The number of aryl methyl sites for hydroxylation is 2. The van der Waals surface area contributed by atoms with E-state index in [0.717, 1.165) is 30.2 Å². The Labute approximate surface area is 165 Å². The molecule has 6 N–H and O–H groups in total. The van der Waals surface area contributed by atoms with Crippen LogP contribution >= 0.6 is 0 Å². The number of halogens is 1. The van der Waals surface area contributed by atoms with E-state index in [-0.39, 0.29) is 29.2 Å². The van der Waals surface area contributed by atoms with Crippen LogP contribution in [-0.4, -0.2) is 28.5 Å². The van der Waals surface area contributed by atoms with Gasteiger partial charge >= 0.3 is 0 Å². The Morgan fingerprint density at radius 1 is 1.25 bits per heavy atom. The fourth-order valence-corrected chi connectivity index (χ4v) is 2.81. The highest BCUT2D eigenvalue weighted by molar-refractivity contribution is 5.98. The molecule has 0 aliphatic carbocycles. The quantitative estimate of drug-likeness (QED) is 0.523. The van der Waals surface area contributed by atoms with E-state index in [0.29, 0.717) is 12.2 Å². The lowest BCUT2D eigenvalue weighted by Gasteiger charge is -2.24. The van der Waals surface area contributed by atoms with Crippen molar-refractivity contribution < 1.29 is 9.18 Å². The van der Waals surface area contributed by atoms with Crippen LogP contribution in [-0.2, 0) is 0 Å². The molecule has 0 saturated carbocycles.